The lowest BCUT2D eigenvalue weighted by Gasteiger charge is -2.22. The van der Waals surface area contributed by atoms with Crippen molar-refractivity contribution in [3.63, 3.8) is 0 Å². The summed E-state index contributed by atoms with van der Waals surface area (Å²) in [5.41, 5.74) is 5.16. The Balaban J connectivity index is 1.40. The van der Waals surface area contributed by atoms with E-state index in [2.05, 4.69) is 41.3 Å². The minimum Gasteiger partial charge on any atom is -0.370 e. The molecule has 0 radical (unpaired) electrons. The van der Waals surface area contributed by atoms with Gasteiger partial charge in [-0.2, -0.15) is 0 Å². The van der Waals surface area contributed by atoms with Crippen LogP contribution in [-0.4, -0.2) is 49.8 Å². The normalized spacial score (nSPS) is 15.8. The molecular formula is C27H29N3O2. The Bertz CT molecular complexity index is 1100. The molecule has 1 fully saturated rings. The molecule has 5 nitrogen and oxygen atoms in total. The van der Waals surface area contributed by atoms with E-state index in [9.17, 15) is 9.59 Å². The van der Waals surface area contributed by atoms with Gasteiger partial charge >= 0.3 is 0 Å². The third kappa shape index (κ3) is 4.89. The van der Waals surface area contributed by atoms with Crippen LogP contribution in [0.4, 0.5) is 11.4 Å². The summed E-state index contributed by atoms with van der Waals surface area (Å²) < 4.78 is 0. The molecule has 1 amide bonds. The number of nitrogens with one attached hydrogen (secondary N) is 1. The number of Topliss-reactive ketones (excluding diaryl/α,β-unsaturated/α-hetero) is 1. The number of anilines is 2. The lowest BCUT2D eigenvalue weighted by atomic mass is 10.0. The summed E-state index contributed by atoms with van der Waals surface area (Å²) in [6, 6.07) is 23.6. The number of hydrogen-bond acceptors (Lipinski definition) is 4. The van der Waals surface area contributed by atoms with Crippen LogP contribution in [0.15, 0.2) is 72.8 Å². The number of amides is 1. The van der Waals surface area contributed by atoms with E-state index in [0.29, 0.717) is 17.2 Å². The summed E-state index contributed by atoms with van der Waals surface area (Å²) in [6.45, 7) is 3.64. The fourth-order valence-electron chi connectivity index (χ4n) is 4.09. The topological polar surface area (TPSA) is 52.7 Å². The van der Waals surface area contributed by atoms with Crippen molar-refractivity contribution in [1.29, 1.82) is 0 Å². The molecule has 0 saturated carbocycles. The highest BCUT2D eigenvalue weighted by Crippen LogP contribution is 2.25. The van der Waals surface area contributed by atoms with Crippen LogP contribution in [0, 0.1) is 0 Å². The number of carbonyl (C=O) groups is 2. The number of hydrogen-bond donors (Lipinski definition) is 1. The maximum Gasteiger partial charge on any atom is 0.255 e. The van der Waals surface area contributed by atoms with Crippen molar-refractivity contribution in [2.24, 2.45) is 0 Å². The van der Waals surface area contributed by atoms with Crippen molar-refractivity contribution in [3.8, 4) is 11.1 Å². The van der Waals surface area contributed by atoms with E-state index in [0.717, 1.165) is 29.9 Å². The van der Waals surface area contributed by atoms with E-state index in [1.165, 1.54) is 12.1 Å². The molecule has 3 aromatic carbocycles. The van der Waals surface area contributed by atoms with Gasteiger partial charge in [0.1, 0.15) is 0 Å². The molecule has 32 heavy (non-hydrogen) atoms. The summed E-state index contributed by atoms with van der Waals surface area (Å²) in [5, 5.41) is 2.98. The van der Waals surface area contributed by atoms with E-state index >= 15 is 0 Å². The van der Waals surface area contributed by atoms with E-state index in [1.807, 2.05) is 60.7 Å². The highest BCUT2D eigenvalue weighted by Gasteiger charge is 2.24. The van der Waals surface area contributed by atoms with E-state index < -0.39 is 0 Å². The number of likely N-dealkylation sites (N-methyl/N-ethyl adjacent to an activating group) is 1. The van der Waals surface area contributed by atoms with E-state index in [4.69, 9.17) is 0 Å². The Labute approximate surface area is 189 Å². The van der Waals surface area contributed by atoms with Gasteiger partial charge in [-0.15, -0.1) is 0 Å². The first kappa shape index (κ1) is 21.8. The van der Waals surface area contributed by atoms with Gasteiger partial charge in [0.05, 0.1) is 0 Å². The van der Waals surface area contributed by atoms with Gasteiger partial charge in [0, 0.05) is 41.6 Å². The third-order valence-corrected chi connectivity index (χ3v) is 6.13. The van der Waals surface area contributed by atoms with Crippen molar-refractivity contribution >= 4 is 23.1 Å². The second kappa shape index (κ2) is 9.37. The fourth-order valence-corrected chi connectivity index (χ4v) is 4.09. The van der Waals surface area contributed by atoms with Gasteiger partial charge in [0.15, 0.2) is 5.78 Å². The molecular weight excluding hydrogens is 398 g/mol. The molecule has 4 rings (SSSR count). The number of carbonyl (C=O) groups excluding carboxylic acids is 2. The highest BCUT2D eigenvalue weighted by molar-refractivity contribution is 6.04. The molecule has 0 aromatic heterocycles. The van der Waals surface area contributed by atoms with Crippen LogP contribution >= 0.6 is 0 Å². The minimum atomic E-state index is -0.143. The monoisotopic (exact) mass is 427 g/mol. The van der Waals surface area contributed by atoms with Crippen LogP contribution in [0.5, 0.6) is 0 Å². The third-order valence-electron chi connectivity index (χ3n) is 6.13. The summed E-state index contributed by atoms with van der Waals surface area (Å²) in [4.78, 5) is 29.0. The molecule has 1 heterocycles. The average Bonchev–Trinajstić information content (AvgIpc) is 3.30. The average molecular weight is 428 g/mol. The quantitative estimate of drug-likeness (QED) is 0.566. The zero-order valence-corrected chi connectivity index (χ0v) is 18.8. The van der Waals surface area contributed by atoms with Crippen molar-refractivity contribution in [1.82, 2.24) is 4.90 Å². The van der Waals surface area contributed by atoms with Gasteiger partial charge in [-0.3, -0.25) is 9.59 Å². The number of rotatable bonds is 6. The molecule has 164 valence electrons. The zero-order chi connectivity index (χ0) is 22.7. The van der Waals surface area contributed by atoms with E-state index in [1.54, 1.807) is 6.92 Å². The molecule has 0 bridgehead atoms. The summed E-state index contributed by atoms with van der Waals surface area (Å²) in [7, 11) is 4.26. The number of ketones is 1. The van der Waals surface area contributed by atoms with Crippen molar-refractivity contribution < 1.29 is 9.59 Å². The Morgan fingerprint density at radius 3 is 2.25 bits per heavy atom. The van der Waals surface area contributed by atoms with Crippen LogP contribution in [0.25, 0.3) is 11.1 Å². The Morgan fingerprint density at radius 1 is 0.906 bits per heavy atom. The first-order valence-electron chi connectivity index (χ1n) is 10.9. The largest absolute Gasteiger partial charge is 0.370 e. The molecule has 0 aliphatic carbocycles. The molecule has 5 heteroatoms. The molecule has 0 spiro atoms. The number of benzene rings is 3. The molecule has 3 aromatic rings. The Morgan fingerprint density at radius 2 is 1.62 bits per heavy atom. The van der Waals surface area contributed by atoms with Crippen LogP contribution in [0.1, 0.15) is 34.1 Å². The first-order chi connectivity index (χ1) is 15.4. The van der Waals surface area contributed by atoms with Gasteiger partial charge in [-0.1, -0.05) is 30.3 Å². The van der Waals surface area contributed by atoms with Crippen molar-refractivity contribution in [3.05, 3.63) is 83.9 Å². The smallest absolute Gasteiger partial charge is 0.255 e. The zero-order valence-electron chi connectivity index (χ0n) is 18.8. The summed E-state index contributed by atoms with van der Waals surface area (Å²) in [6.07, 6.45) is 1.17. The molecule has 1 unspecified atom stereocenters. The summed E-state index contributed by atoms with van der Waals surface area (Å²) in [5.74, 6) is -0.105. The van der Waals surface area contributed by atoms with Crippen LogP contribution < -0.4 is 10.2 Å². The van der Waals surface area contributed by atoms with Crippen molar-refractivity contribution in [2.75, 3.05) is 37.4 Å². The van der Waals surface area contributed by atoms with Crippen LogP contribution in [0.2, 0.25) is 0 Å². The Hall–Kier alpha value is -3.44. The molecule has 1 aliphatic rings. The second-order valence-corrected chi connectivity index (χ2v) is 8.57. The maximum atomic E-state index is 12.7. The van der Waals surface area contributed by atoms with Gasteiger partial charge in [0.2, 0.25) is 0 Å². The van der Waals surface area contributed by atoms with Gasteiger partial charge in [0.25, 0.3) is 5.91 Å². The van der Waals surface area contributed by atoms with E-state index in [-0.39, 0.29) is 11.7 Å². The maximum absolute atomic E-state index is 12.7. The lowest BCUT2D eigenvalue weighted by molar-refractivity contribution is 0.101. The molecule has 1 N–H and O–H groups in total. The predicted molar refractivity (Wildman–Crippen MR) is 131 cm³/mol. The minimum absolute atomic E-state index is 0.0381. The number of nitrogens with zero attached hydrogens (tertiary/aromatic N) is 2. The highest BCUT2D eigenvalue weighted by atomic mass is 16.1. The van der Waals surface area contributed by atoms with Crippen molar-refractivity contribution in [2.45, 2.75) is 19.4 Å². The summed E-state index contributed by atoms with van der Waals surface area (Å²) >= 11 is 0. The molecule has 1 aliphatic heterocycles. The van der Waals surface area contributed by atoms with Crippen LogP contribution in [0.3, 0.4) is 0 Å². The lowest BCUT2D eigenvalue weighted by Crippen LogP contribution is -2.31. The fraction of sp³-hybridized carbons (Fsp3) is 0.259. The standard InChI is InChI=1S/C27H29N3O2/c1-19(31)22-5-4-6-23(17-22)20-7-9-21(10-8-20)27(32)28-24-11-13-25(14-12-24)30-16-15-26(18-30)29(2)3/h4-14,17,26H,15-16,18H2,1-3H3,(H,28,32). The molecule has 1 atom stereocenters. The molecule has 1 saturated heterocycles. The predicted octanol–water partition coefficient (Wildman–Crippen LogP) is 4.95. The first-order valence-corrected chi connectivity index (χ1v) is 10.9. The van der Waals surface area contributed by atoms with Gasteiger partial charge < -0.3 is 15.1 Å². The SMILES string of the molecule is CC(=O)c1cccc(-c2ccc(C(=O)Nc3ccc(N4CCC(N(C)C)C4)cc3)cc2)c1. The van der Waals surface area contributed by atoms with Crippen LogP contribution in [-0.2, 0) is 0 Å². The Kier molecular flexibility index (Phi) is 6.37. The second-order valence-electron chi connectivity index (χ2n) is 8.57. The van der Waals surface area contributed by atoms with Gasteiger partial charge in [-0.05, 0) is 81.0 Å². The van der Waals surface area contributed by atoms with Gasteiger partial charge in [-0.25, -0.2) is 0 Å².